The summed E-state index contributed by atoms with van der Waals surface area (Å²) in [5.74, 6) is 1.27. The van der Waals surface area contributed by atoms with Crippen molar-refractivity contribution >= 4 is 31.4 Å². The zero-order valence-electron chi connectivity index (χ0n) is 10.2. The molecule has 0 unspecified atom stereocenters. The van der Waals surface area contributed by atoms with E-state index in [1.54, 1.807) is 0 Å². The van der Waals surface area contributed by atoms with Crippen LogP contribution in [0, 0.1) is 11.8 Å². The highest BCUT2D eigenvalue weighted by atomic mass is 32.2. The number of rotatable bonds is 3. The average molecular weight is 281 g/mol. The summed E-state index contributed by atoms with van der Waals surface area (Å²) in [5, 5.41) is 0. The van der Waals surface area contributed by atoms with Gasteiger partial charge in [0.15, 0.2) is 0 Å². The van der Waals surface area contributed by atoms with Gasteiger partial charge in [-0.05, 0) is 36.8 Å². The van der Waals surface area contributed by atoms with Crippen LogP contribution in [0.1, 0.15) is 19.8 Å². The normalized spacial score (nSPS) is 24.1. The summed E-state index contributed by atoms with van der Waals surface area (Å²) >= 11 is 1.28. The van der Waals surface area contributed by atoms with Crippen molar-refractivity contribution in [3.63, 3.8) is 0 Å². The lowest BCUT2D eigenvalue weighted by Gasteiger charge is -2.31. The van der Waals surface area contributed by atoms with E-state index in [2.05, 4.69) is 11.9 Å². The highest BCUT2D eigenvalue weighted by Crippen LogP contribution is 2.36. The Kier molecular flexibility index (Phi) is 2.90. The molecule has 5 heteroatoms. The van der Waals surface area contributed by atoms with Crippen LogP contribution in [0.15, 0.2) is 28.6 Å². The number of nitrogens with zero attached hydrogens (tertiary/aromatic N) is 1. The molecule has 1 saturated carbocycles. The molecular formula is C13H15NO2S2. The number of para-hydroxylation sites is 1. The van der Waals surface area contributed by atoms with Gasteiger partial charge in [-0.25, -0.2) is 13.4 Å². The van der Waals surface area contributed by atoms with E-state index < -0.39 is 9.84 Å². The highest BCUT2D eigenvalue weighted by Gasteiger charge is 2.32. The molecule has 0 bridgehead atoms. The zero-order valence-corrected chi connectivity index (χ0v) is 11.8. The number of fused-ring (bicyclic) bond motifs is 1. The number of benzene rings is 1. The first-order chi connectivity index (χ1) is 8.54. The number of hydrogen-bond acceptors (Lipinski definition) is 4. The molecule has 96 valence electrons. The Hall–Kier alpha value is -0.940. The first-order valence-corrected chi connectivity index (χ1v) is 8.60. The van der Waals surface area contributed by atoms with Gasteiger partial charge in [0.2, 0.25) is 14.2 Å². The van der Waals surface area contributed by atoms with Crippen molar-refractivity contribution in [3.8, 4) is 0 Å². The Labute approximate surface area is 111 Å². The SMILES string of the molecule is CC1CC(CS(=O)(=O)c2nc3ccccc3s2)C1. The van der Waals surface area contributed by atoms with Crippen molar-refractivity contribution in [2.75, 3.05) is 5.75 Å². The van der Waals surface area contributed by atoms with Crippen molar-refractivity contribution in [1.82, 2.24) is 4.98 Å². The molecule has 3 rings (SSSR count). The Balaban J connectivity index is 1.88. The fourth-order valence-electron chi connectivity index (χ4n) is 2.57. The molecule has 0 saturated heterocycles. The Morgan fingerprint density at radius 2 is 2.06 bits per heavy atom. The smallest absolute Gasteiger partial charge is 0.210 e. The van der Waals surface area contributed by atoms with Gasteiger partial charge in [0.1, 0.15) is 0 Å². The number of thiazole rings is 1. The Morgan fingerprint density at radius 1 is 1.33 bits per heavy atom. The van der Waals surface area contributed by atoms with Crippen molar-refractivity contribution in [2.24, 2.45) is 11.8 Å². The maximum atomic E-state index is 12.3. The van der Waals surface area contributed by atoms with Gasteiger partial charge in [-0.1, -0.05) is 19.1 Å². The standard InChI is InChI=1S/C13H15NO2S2/c1-9-6-10(7-9)8-18(15,16)13-14-11-4-2-3-5-12(11)17-13/h2-5,9-10H,6-8H2,1H3. The number of aromatic nitrogens is 1. The van der Waals surface area contributed by atoms with Gasteiger partial charge in [0, 0.05) is 0 Å². The molecule has 1 heterocycles. The van der Waals surface area contributed by atoms with Gasteiger partial charge < -0.3 is 0 Å². The molecule has 0 aliphatic heterocycles. The minimum atomic E-state index is -3.20. The summed E-state index contributed by atoms with van der Waals surface area (Å²) in [6.07, 6.45) is 2.06. The lowest BCUT2D eigenvalue weighted by atomic mass is 9.77. The van der Waals surface area contributed by atoms with Crippen LogP contribution < -0.4 is 0 Å². The fourth-order valence-corrected chi connectivity index (χ4v) is 5.52. The van der Waals surface area contributed by atoms with Crippen molar-refractivity contribution in [1.29, 1.82) is 0 Å². The molecule has 2 aromatic rings. The first-order valence-electron chi connectivity index (χ1n) is 6.13. The van der Waals surface area contributed by atoms with E-state index in [9.17, 15) is 8.42 Å². The van der Waals surface area contributed by atoms with Gasteiger partial charge in [0.25, 0.3) is 0 Å². The highest BCUT2D eigenvalue weighted by molar-refractivity contribution is 7.93. The van der Waals surface area contributed by atoms with Crippen LogP contribution in [0.25, 0.3) is 10.2 Å². The van der Waals surface area contributed by atoms with Gasteiger partial charge in [0.05, 0.1) is 16.0 Å². The maximum Gasteiger partial charge on any atom is 0.210 e. The summed E-state index contributed by atoms with van der Waals surface area (Å²) < 4.78 is 25.7. The summed E-state index contributed by atoms with van der Waals surface area (Å²) in [4.78, 5) is 4.25. The van der Waals surface area contributed by atoms with Gasteiger partial charge in [-0.2, -0.15) is 0 Å². The van der Waals surface area contributed by atoms with Crippen LogP contribution in [0.2, 0.25) is 0 Å². The van der Waals surface area contributed by atoms with E-state index >= 15 is 0 Å². The van der Waals surface area contributed by atoms with E-state index in [0.29, 0.717) is 11.8 Å². The Morgan fingerprint density at radius 3 is 2.72 bits per heavy atom. The number of hydrogen-bond donors (Lipinski definition) is 0. The fraction of sp³-hybridized carbons (Fsp3) is 0.462. The van der Waals surface area contributed by atoms with Crippen LogP contribution in [0.5, 0.6) is 0 Å². The molecule has 3 nitrogen and oxygen atoms in total. The molecule has 0 amide bonds. The molecule has 1 aliphatic carbocycles. The molecule has 0 radical (unpaired) electrons. The summed E-state index contributed by atoms with van der Waals surface area (Å²) in [7, 11) is -3.20. The van der Waals surface area contributed by atoms with E-state index in [0.717, 1.165) is 23.1 Å². The van der Waals surface area contributed by atoms with Crippen LogP contribution in [-0.2, 0) is 9.84 Å². The van der Waals surface area contributed by atoms with Crippen molar-refractivity contribution in [3.05, 3.63) is 24.3 Å². The molecule has 1 aromatic carbocycles. The monoisotopic (exact) mass is 281 g/mol. The van der Waals surface area contributed by atoms with Crippen molar-refractivity contribution < 1.29 is 8.42 Å². The second-order valence-electron chi connectivity index (χ2n) is 5.17. The second-order valence-corrected chi connectivity index (χ2v) is 8.41. The predicted octanol–water partition coefficient (Wildman–Crippen LogP) is 3.12. The molecule has 0 spiro atoms. The third-order valence-electron chi connectivity index (χ3n) is 3.47. The van der Waals surface area contributed by atoms with Gasteiger partial charge in [-0.3, -0.25) is 0 Å². The topological polar surface area (TPSA) is 47.0 Å². The molecule has 18 heavy (non-hydrogen) atoms. The maximum absolute atomic E-state index is 12.3. The quantitative estimate of drug-likeness (QED) is 0.868. The molecule has 0 atom stereocenters. The zero-order chi connectivity index (χ0) is 12.8. The van der Waals surface area contributed by atoms with Gasteiger partial charge >= 0.3 is 0 Å². The molecule has 1 aliphatic rings. The minimum Gasteiger partial charge on any atom is -0.225 e. The predicted molar refractivity (Wildman–Crippen MR) is 73.6 cm³/mol. The third-order valence-corrected chi connectivity index (χ3v) is 6.84. The van der Waals surface area contributed by atoms with Crippen LogP contribution in [0.4, 0.5) is 0 Å². The van der Waals surface area contributed by atoms with E-state index in [1.165, 1.54) is 11.3 Å². The number of sulfone groups is 1. The minimum absolute atomic E-state index is 0.261. The first kappa shape index (κ1) is 12.1. The lowest BCUT2D eigenvalue weighted by Crippen LogP contribution is -2.28. The summed E-state index contributed by atoms with van der Waals surface area (Å²) in [5.41, 5.74) is 0.781. The summed E-state index contributed by atoms with van der Waals surface area (Å²) in [6.45, 7) is 2.17. The van der Waals surface area contributed by atoms with Crippen LogP contribution in [-0.4, -0.2) is 19.2 Å². The van der Waals surface area contributed by atoms with E-state index in [4.69, 9.17) is 0 Å². The largest absolute Gasteiger partial charge is 0.225 e. The second kappa shape index (κ2) is 4.31. The molecular weight excluding hydrogens is 266 g/mol. The lowest BCUT2D eigenvalue weighted by molar-refractivity contribution is 0.235. The average Bonchev–Trinajstić information content (AvgIpc) is 2.71. The van der Waals surface area contributed by atoms with E-state index in [-0.39, 0.29) is 10.1 Å². The molecule has 1 aromatic heterocycles. The van der Waals surface area contributed by atoms with Crippen LogP contribution >= 0.6 is 11.3 Å². The third kappa shape index (κ3) is 2.17. The molecule has 0 N–H and O–H groups in total. The van der Waals surface area contributed by atoms with E-state index in [1.807, 2.05) is 24.3 Å². The Bertz CT molecular complexity index is 636. The summed E-state index contributed by atoms with van der Waals surface area (Å²) in [6, 6.07) is 7.56. The molecule has 1 fully saturated rings. The van der Waals surface area contributed by atoms with Crippen molar-refractivity contribution in [2.45, 2.75) is 24.1 Å². The van der Waals surface area contributed by atoms with Crippen LogP contribution in [0.3, 0.4) is 0 Å². The van der Waals surface area contributed by atoms with Gasteiger partial charge in [-0.15, -0.1) is 11.3 Å².